The number of carbonyl (C=O) groups is 2. The van der Waals surface area contributed by atoms with Crippen molar-refractivity contribution in [1.82, 2.24) is 10.2 Å². The highest BCUT2D eigenvalue weighted by Crippen LogP contribution is 1.99. The SMILES string of the molecule is CC(C)C(=O)N(C)CCNC(=O)C(N)CCCCN. The average molecular weight is 272 g/mol. The first-order valence-electron chi connectivity index (χ1n) is 6.88. The molecular weight excluding hydrogens is 244 g/mol. The number of likely N-dealkylation sites (N-methyl/N-ethyl adjacent to an activating group) is 1. The van der Waals surface area contributed by atoms with Gasteiger partial charge < -0.3 is 21.7 Å². The average Bonchev–Trinajstić information content (AvgIpc) is 2.37. The van der Waals surface area contributed by atoms with E-state index in [4.69, 9.17) is 11.5 Å². The fraction of sp³-hybridized carbons (Fsp3) is 0.846. The van der Waals surface area contributed by atoms with E-state index >= 15 is 0 Å². The Morgan fingerprint density at radius 3 is 2.42 bits per heavy atom. The molecule has 0 saturated carbocycles. The molecule has 1 atom stereocenters. The molecule has 0 aliphatic rings. The molecule has 5 N–H and O–H groups in total. The van der Waals surface area contributed by atoms with Crippen molar-refractivity contribution in [3.8, 4) is 0 Å². The highest BCUT2D eigenvalue weighted by Gasteiger charge is 2.15. The molecule has 0 aromatic carbocycles. The molecule has 0 bridgehead atoms. The number of amides is 2. The minimum Gasteiger partial charge on any atom is -0.353 e. The lowest BCUT2D eigenvalue weighted by atomic mass is 10.1. The number of carbonyl (C=O) groups excluding carboxylic acids is 2. The molecule has 0 heterocycles. The summed E-state index contributed by atoms with van der Waals surface area (Å²) < 4.78 is 0. The van der Waals surface area contributed by atoms with Gasteiger partial charge in [-0.1, -0.05) is 20.3 Å². The summed E-state index contributed by atoms with van der Waals surface area (Å²) in [6, 6.07) is -0.488. The molecule has 0 aliphatic heterocycles. The van der Waals surface area contributed by atoms with Gasteiger partial charge in [-0.3, -0.25) is 9.59 Å². The van der Waals surface area contributed by atoms with Gasteiger partial charge in [-0.15, -0.1) is 0 Å². The quantitative estimate of drug-likeness (QED) is 0.500. The summed E-state index contributed by atoms with van der Waals surface area (Å²) in [7, 11) is 1.73. The summed E-state index contributed by atoms with van der Waals surface area (Å²) in [6.45, 7) is 5.25. The lowest BCUT2D eigenvalue weighted by Crippen LogP contribution is -2.44. The van der Waals surface area contributed by atoms with Crippen molar-refractivity contribution in [2.45, 2.75) is 39.2 Å². The highest BCUT2D eigenvalue weighted by molar-refractivity contribution is 5.81. The lowest BCUT2D eigenvalue weighted by Gasteiger charge is -2.20. The molecule has 0 aromatic rings. The van der Waals surface area contributed by atoms with Crippen molar-refractivity contribution in [3.63, 3.8) is 0 Å². The third kappa shape index (κ3) is 7.79. The fourth-order valence-electron chi connectivity index (χ4n) is 1.67. The van der Waals surface area contributed by atoms with Crippen LogP contribution in [0.15, 0.2) is 0 Å². The van der Waals surface area contributed by atoms with E-state index in [0.29, 0.717) is 26.1 Å². The Bertz CT molecular complexity index is 282. The van der Waals surface area contributed by atoms with E-state index in [9.17, 15) is 9.59 Å². The van der Waals surface area contributed by atoms with Gasteiger partial charge in [-0.25, -0.2) is 0 Å². The first-order chi connectivity index (χ1) is 8.90. The maximum Gasteiger partial charge on any atom is 0.236 e. The molecule has 112 valence electrons. The fourth-order valence-corrected chi connectivity index (χ4v) is 1.67. The smallest absolute Gasteiger partial charge is 0.236 e. The molecule has 0 radical (unpaired) electrons. The van der Waals surface area contributed by atoms with Gasteiger partial charge >= 0.3 is 0 Å². The first-order valence-corrected chi connectivity index (χ1v) is 6.88. The van der Waals surface area contributed by atoms with Crippen LogP contribution < -0.4 is 16.8 Å². The van der Waals surface area contributed by atoms with Gasteiger partial charge in [-0.05, 0) is 19.4 Å². The van der Waals surface area contributed by atoms with Crippen LogP contribution in [0.2, 0.25) is 0 Å². The summed E-state index contributed by atoms with van der Waals surface area (Å²) in [4.78, 5) is 24.9. The van der Waals surface area contributed by atoms with E-state index in [-0.39, 0.29) is 17.7 Å². The van der Waals surface area contributed by atoms with Crippen molar-refractivity contribution in [3.05, 3.63) is 0 Å². The number of rotatable bonds is 9. The van der Waals surface area contributed by atoms with Crippen LogP contribution in [0.1, 0.15) is 33.1 Å². The van der Waals surface area contributed by atoms with E-state index < -0.39 is 6.04 Å². The van der Waals surface area contributed by atoms with Gasteiger partial charge in [0.2, 0.25) is 11.8 Å². The van der Waals surface area contributed by atoms with Crippen LogP contribution in [-0.2, 0) is 9.59 Å². The van der Waals surface area contributed by atoms with Crippen LogP contribution >= 0.6 is 0 Å². The number of unbranched alkanes of at least 4 members (excludes halogenated alkanes) is 1. The Kier molecular flexibility index (Phi) is 9.16. The molecule has 0 spiro atoms. The summed E-state index contributed by atoms with van der Waals surface area (Å²) >= 11 is 0. The predicted molar refractivity (Wildman–Crippen MR) is 76.4 cm³/mol. The number of hydrogen-bond acceptors (Lipinski definition) is 4. The standard InChI is InChI=1S/C13H28N4O2/c1-10(2)13(19)17(3)9-8-16-12(18)11(15)6-4-5-7-14/h10-11H,4-9,14-15H2,1-3H3,(H,16,18). The van der Waals surface area contributed by atoms with Crippen LogP contribution in [0, 0.1) is 5.92 Å². The minimum atomic E-state index is -0.488. The number of hydrogen-bond donors (Lipinski definition) is 3. The molecular formula is C13H28N4O2. The Labute approximate surface area is 115 Å². The van der Waals surface area contributed by atoms with E-state index in [1.54, 1.807) is 11.9 Å². The molecule has 19 heavy (non-hydrogen) atoms. The lowest BCUT2D eigenvalue weighted by molar-refractivity contribution is -0.133. The van der Waals surface area contributed by atoms with Crippen molar-refractivity contribution >= 4 is 11.8 Å². The molecule has 6 heteroatoms. The third-order valence-electron chi connectivity index (χ3n) is 2.92. The topological polar surface area (TPSA) is 101 Å². The minimum absolute atomic E-state index is 0.0285. The Balaban J connectivity index is 3.81. The number of nitrogens with one attached hydrogen (secondary N) is 1. The van der Waals surface area contributed by atoms with Crippen molar-refractivity contribution in [1.29, 1.82) is 0 Å². The largest absolute Gasteiger partial charge is 0.353 e. The number of nitrogens with zero attached hydrogens (tertiary/aromatic N) is 1. The summed E-state index contributed by atoms with van der Waals surface area (Å²) in [5.41, 5.74) is 11.1. The second kappa shape index (κ2) is 9.75. The monoisotopic (exact) mass is 272 g/mol. The molecule has 0 aliphatic carbocycles. The Morgan fingerprint density at radius 2 is 1.89 bits per heavy atom. The van der Waals surface area contributed by atoms with Crippen LogP contribution in [0.3, 0.4) is 0 Å². The van der Waals surface area contributed by atoms with Crippen LogP contribution in [0.5, 0.6) is 0 Å². The van der Waals surface area contributed by atoms with Crippen LogP contribution in [-0.4, -0.2) is 49.4 Å². The van der Waals surface area contributed by atoms with E-state index in [1.807, 2.05) is 13.8 Å². The first kappa shape index (κ1) is 17.9. The van der Waals surface area contributed by atoms with E-state index in [0.717, 1.165) is 12.8 Å². The molecule has 0 aromatic heterocycles. The zero-order chi connectivity index (χ0) is 14.8. The van der Waals surface area contributed by atoms with Gasteiger partial charge in [0, 0.05) is 26.1 Å². The zero-order valence-electron chi connectivity index (χ0n) is 12.3. The Morgan fingerprint density at radius 1 is 1.26 bits per heavy atom. The zero-order valence-corrected chi connectivity index (χ0v) is 12.3. The highest BCUT2D eigenvalue weighted by atomic mass is 16.2. The van der Waals surface area contributed by atoms with Gasteiger partial charge in [0.15, 0.2) is 0 Å². The van der Waals surface area contributed by atoms with Crippen LogP contribution in [0.4, 0.5) is 0 Å². The summed E-state index contributed by atoms with van der Waals surface area (Å²) in [5.74, 6) is -0.122. The predicted octanol–water partition coefficient (Wildman–Crippen LogP) is -0.327. The second-order valence-electron chi connectivity index (χ2n) is 5.10. The van der Waals surface area contributed by atoms with Crippen molar-refractivity contribution in [2.24, 2.45) is 17.4 Å². The van der Waals surface area contributed by atoms with Crippen molar-refractivity contribution < 1.29 is 9.59 Å². The normalized spacial score (nSPS) is 12.3. The van der Waals surface area contributed by atoms with Gasteiger partial charge in [-0.2, -0.15) is 0 Å². The molecule has 0 fully saturated rings. The molecule has 0 rings (SSSR count). The summed E-state index contributed by atoms with van der Waals surface area (Å²) in [6.07, 6.45) is 2.38. The Hall–Kier alpha value is -1.14. The maximum atomic E-state index is 11.7. The summed E-state index contributed by atoms with van der Waals surface area (Å²) in [5, 5.41) is 2.74. The van der Waals surface area contributed by atoms with Crippen molar-refractivity contribution in [2.75, 3.05) is 26.7 Å². The second-order valence-corrected chi connectivity index (χ2v) is 5.10. The molecule has 0 saturated heterocycles. The van der Waals surface area contributed by atoms with Gasteiger partial charge in [0.05, 0.1) is 6.04 Å². The molecule has 6 nitrogen and oxygen atoms in total. The maximum absolute atomic E-state index is 11.7. The van der Waals surface area contributed by atoms with E-state index in [2.05, 4.69) is 5.32 Å². The third-order valence-corrected chi connectivity index (χ3v) is 2.92. The van der Waals surface area contributed by atoms with Crippen LogP contribution in [0.25, 0.3) is 0 Å². The van der Waals surface area contributed by atoms with Gasteiger partial charge in [0.1, 0.15) is 0 Å². The molecule has 1 unspecified atom stereocenters. The number of nitrogens with two attached hydrogens (primary N) is 2. The molecule has 2 amide bonds. The van der Waals surface area contributed by atoms with Gasteiger partial charge in [0.25, 0.3) is 0 Å². The van der Waals surface area contributed by atoms with E-state index in [1.165, 1.54) is 0 Å².